The topological polar surface area (TPSA) is 87.8 Å². The first-order valence-corrected chi connectivity index (χ1v) is 5.97. The van der Waals surface area contributed by atoms with Gasteiger partial charge in [-0.1, -0.05) is 0 Å². The van der Waals surface area contributed by atoms with Crippen LogP contribution in [0.25, 0.3) is 11.0 Å². The Labute approximate surface area is 105 Å². The van der Waals surface area contributed by atoms with Crippen molar-refractivity contribution in [3.05, 3.63) is 6.20 Å². The van der Waals surface area contributed by atoms with Gasteiger partial charge in [0.15, 0.2) is 5.65 Å². The summed E-state index contributed by atoms with van der Waals surface area (Å²) in [6.07, 6.45) is 1.71. The highest BCUT2D eigenvalue weighted by molar-refractivity contribution is 5.87. The van der Waals surface area contributed by atoms with Crippen molar-refractivity contribution in [3.63, 3.8) is 0 Å². The van der Waals surface area contributed by atoms with Gasteiger partial charge in [0.2, 0.25) is 5.95 Å². The van der Waals surface area contributed by atoms with Crippen LogP contribution in [0.3, 0.4) is 0 Å². The van der Waals surface area contributed by atoms with Crippen LogP contribution in [-0.2, 0) is 4.74 Å². The summed E-state index contributed by atoms with van der Waals surface area (Å²) in [7, 11) is 1.78. The van der Waals surface area contributed by atoms with Crippen molar-refractivity contribution in [3.8, 4) is 0 Å². The molecule has 7 nitrogen and oxygen atoms in total. The van der Waals surface area contributed by atoms with Crippen LogP contribution >= 0.6 is 0 Å². The van der Waals surface area contributed by atoms with E-state index in [2.05, 4.69) is 30.8 Å². The predicted octanol–water partition coefficient (Wildman–Crippen LogP) is 1.23. The number of nitrogens with one attached hydrogen (secondary N) is 3. The zero-order valence-corrected chi connectivity index (χ0v) is 10.8. The fourth-order valence-electron chi connectivity index (χ4n) is 1.63. The van der Waals surface area contributed by atoms with Gasteiger partial charge in [-0.25, -0.2) is 0 Å². The molecule has 2 rings (SSSR count). The van der Waals surface area contributed by atoms with E-state index in [0.717, 1.165) is 11.2 Å². The summed E-state index contributed by atoms with van der Waals surface area (Å²) in [5.41, 5.74) is 0.709. The molecule has 3 N–H and O–H groups in total. The van der Waals surface area contributed by atoms with Crippen LogP contribution in [0.15, 0.2) is 6.20 Å². The Hall–Kier alpha value is -1.89. The van der Waals surface area contributed by atoms with E-state index in [1.165, 1.54) is 0 Å². The molecule has 0 aliphatic heterocycles. The smallest absolute Gasteiger partial charge is 0.226 e. The van der Waals surface area contributed by atoms with Gasteiger partial charge in [0.1, 0.15) is 5.82 Å². The van der Waals surface area contributed by atoms with Gasteiger partial charge >= 0.3 is 0 Å². The molecule has 0 saturated carbocycles. The monoisotopic (exact) mass is 250 g/mol. The molecule has 2 aromatic heterocycles. The van der Waals surface area contributed by atoms with E-state index in [4.69, 9.17) is 4.74 Å². The first-order chi connectivity index (χ1) is 8.74. The largest absolute Gasteiger partial charge is 0.380 e. The third kappa shape index (κ3) is 2.67. The minimum atomic E-state index is 0.169. The molecule has 1 atom stereocenters. The highest BCUT2D eigenvalue weighted by Gasteiger charge is 2.11. The Morgan fingerprint density at radius 1 is 1.44 bits per heavy atom. The molecule has 0 aliphatic rings. The summed E-state index contributed by atoms with van der Waals surface area (Å²) in [5.74, 6) is 1.31. The average molecular weight is 250 g/mol. The zero-order chi connectivity index (χ0) is 13.0. The molecular formula is C11H18N6O. The summed E-state index contributed by atoms with van der Waals surface area (Å²) in [6, 6.07) is 0.169. The van der Waals surface area contributed by atoms with Crippen LogP contribution in [-0.4, -0.2) is 46.5 Å². The Balaban J connectivity index is 2.22. The van der Waals surface area contributed by atoms with Crippen molar-refractivity contribution in [2.45, 2.75) is 19.9 Å². The van der Waals surface area contributed by atoms with Crippen molar-refractivity contribution >= 4 is 22.8 Å². The summed E-state index contributed by atoms with van der Waals surface area (Å²) in [5, 5.41) is 13.9. The molecule has 18 heavy (non-hydrogen) atoms. The molecule has 0 fully saturated rings. The third-order valence-corrected chi connectivity index (χ3v) is 2.49. The molecule has 0 radical (unpaired) electrons. The highest BCUT2D eigenvalue weighted by Crippen LogP contribution is 2.20. The first kappa shape index (κ1) is 12.6. The fourth-order valence-corrected chi connectivity index (χ4v) is 1.63. The second-order valence-electron chi connectivity index (χ2n) is 3.98. The van der Waals surface area contributed by atoms with Gasteiger partial charge < -0.3 is 15.4 Å². The number of hydrogen-bond donors (Lipinski definition) is 3. The number of anilines is 2. The number of aromatic amines is 1. The Morgan fingerprint density at radius 2 is 2.28 bits per heavy atom. The SMILES string of the molecule is CCOCC(C)Nc1nc(NC)nc2[nH]ncc12. The predicted molar refractivity (Wildman–Crippen MR) is 70.8 cm³/mol. The number of aromatic nitrogens is 4. The van der Waals surface area contributed by atoms with Crippen molar-refractivity contribution in [2.24, 2.45) is 0 Å². The van der Waals surface area contributed by atoms with Crippen LogP contribution in [0.1, 0.15) is 13.8 Å². The quantitative estimate of drug-likeness (QED) is 0.714. The van der Waals surface area contributed by atoms with E-state index in [-0.39, 0.29) is 6.04 Å². The number of ether oxygens (including phenoxy) is 1. The average Bonchev–Trinajstić information content (AvgIpc) is 2.84. The van der Waals surface area contributed by atoms with Crippen molar-refractivity contribution in [1.29, 1.82) is 0 Å². The van der Waals surface area contributed by atoms with Gasteiger partial charge in [0, 0.05) is 19.7 Å². The van der Waals surface area contributed by atoms with Crippen molar-refractivity contribution < 1.29 is 4.74 Å². The summed E-state index contributed by atoms with van der Waals surface area (Å²) >= 11 is 0. The summed E-state index contributed by atoms with van der Waals surface area (Å²) in [4.78, 5) is 8.66. The van der Waals surface area contributed by atoms with E-state index in [9.17, 15) is 0 Å². The van der Waals surface area contributed by atoms with Crippen LogP contribution in [0.4, 0.5) is 11.8 Å². The number of H-pyrrole nitrogens is 1. The maximum atomic E-state index is 5.37. The lowest BCUT2D eigenvalue weighted by molar-refractivity contribution is 0.141. The van der Waals surface area contributed by atoms with Gasteiger partial charge in [-0.15, -0.1) is 0 Å². The van der Waals surface area contributed by atoms with E-state index in [1.807, 2.05) is 13.8 Å². The second-order valence-corrected chi connectivity index (χ2v) is 3.98. The standard InChI is InChI=1S/C11H18N6O/c1-4-18-6-7(2)14-9-8-5-13-17-10(8)16-11(12-3)15-9/h5,7H,4,6H2,1-3H3,(H3,12,13,14,15,16,17). The molecule has 0 bridgehead atoms. The Bertz CT molecular complexity index is 511. The van der Waals surface area contributed by atoms with Crippen LogP contribution in [0.5, 0.6) is 0 Å². The minimum absolute atomic E-state index is 0.169. The minimum Gasteiger partial charge on any atom is -0.380 e. The van der Waals surface area contributed by atoms with E-state index < -0.39 is 0 Å². The molecule has 0 spiro atoms. The van der Waals surface area contributed by atoms with E-state index in [1.54, 1.807) is 13.2 Å². The van der Waals surface area contributed by atoms with Gasteiger partial charge in [0.05, 0.1) is 18.2 Å². The second kappa shape index (κ2) is 5.63. The third-order valence-electron chi connectivity index (χ3n) is 2.49. The highest BCUT2D eigenvalue weighted by atomic mass is 16.5. The summed E-state index contributed by atoms with van der Waals surface area (Å²) in [6.45, 7) is 5.36. The zero-order valence-electron chi connectivity index (χ0n) is 10.8. The van der Waals surface area contributed by atoms with Gasteiger partial charge in [-0.05, 0) is 13.8 Å². The number of hydrogen-bond acceptors (Lipinski definition) is 6. The molecule has 0 aromatic carbocycles. The normalized spacial score (nSPS) is 12.6. The number of nitrogens with zero attached hydrogens (tertiary/aromatic N) is 3. The Morgan fingerprint density at radius 3 is 3.00 bits per heavy atom. The van der Waals surface area contributed by atoms with Gasteiger partial charge in [-0.3, -0.25) is 5.10 Å². The molecule has 0 amide bonds. The number of rotatable bonds is 6. The molecule has 1 unspecified atom stereocenters. The summed E-state index contributed by atoms with van der Waals surface area (Å²) < 4.78 is 5.37. The lowest BCUT2D eigenvalue weighted by Crippen LogP contribution is -2.22. The van der Waals surface area contributed by atoms with E-state index >= 15 is 0 Å². The van der Waals surface area contributed by atoms with Crippen LogP contribution in [0, 0.1) is 0 Å². The molecule has 2 aromatic rings. The van der Waals surface area contributed by atoms with Crippen LogP contribution in [0.2, 0.25) is 0 Å². The Kier molecular flexibility index (Phi) is 3.93. The van der Waals surface area contributed by atoms with Crippen LogP contribution < -0.4 is 10.6 Å². The van der Waals surface area contributed by atoms with Crippen molar-refractivity contribution in [1.82, 2.24) is 20.2 Å². The molecule has 7 heteroatoms. The lowest BCUT2D eigenvalue weighted by atomic mass is 10.3. The van der Waals surface area contributed by atoms with Crippen molar-refractivity contribution in [2.75, 3.05) is 30.9 Å². The molecule has 98 valence electrons. The maximum absolute atomic E-state index is 5.37. The molecular weight excluding hydrogens is 232 g/mol. The molecule has 0 saturated heterocycles. The molecule has 0 aliphatic carbocycles. The van der Waals surface area contributed by atoms with E-state index in [0.29, 0.717) is 24.8 Å². The fraction of sp³-hybridized carbons (Fsp3) is 0.545. The first-order valence-electron chi connectivity index (χ1n) is 5.97. The van der Waals surface area contributed by atoms with Gasteiger partial charge in [0.25, 0.3) is 0 Å². The van der Waals surface area contributed by atoms with Gasteiger partial charge in [-0.2, -0.15) is 15.1 Å². The lowest BCUT2D eigenvalue weighted by Gasteiger charge is -2.15. The number of fused-ring (bicyclic) bond motifs is 1. The maximum Gasteiger partial charge on any atom is 0.226 e. The molecule has 2 heterocycles.